The first-order valence-corrected chi connectivity index (χ1v) is 6.71. The molecule has 1 aliphatic carbocycles. The van der Waals surface area contributed by atoms with E-state index in [-0.39, 0.29) is 0 Å². The van der Waals surface area contributed by atoms with Gasteiger partial charge in [0, 0.05) is 0 Å². The van der Waals surface area contributed by atoms with Crippen molar-refractivity contribution in [1.29, 1.82) is 0 Å². The monoisotopic (exact) mass is 225 g/mol. The van der Waals surface area contributed by atoms with Gasteiger partial charge in [-0.1, -0.05) is 26.0 Å². The molecule has 2 nitrogen and oxygen atoms in total. The summed E-state index contributed by atoms with van der Waals surface area (Å²) in [6.45, 7) is 9.71. The molecule has 0 aliphatic heterocycles. The van der Waals surface area contributed by atoms with Crippen LogP contribution in [0.25, 0.3) is 0 Å². The van der Waals surface area contributed by atoms with Gasteiger partial charge in [-0.2, -0.15) is 0 Å². The van der Waals surface area contributed by atoms with E-state index < -0.39 is 0 Å². The van der Waals surface area contributed by atoms with Crippen LogP contribution in [0, 0.1) is 11.8 Å². The maximum atomic E-state index is 5.92. The number of hydrogen-bond acceptors (Lipinski definition) is 2. The third-order valence-corrected chi connectivity index (χ3v) is 3.49. The van der Waals surface area contributed by atoms with Gasteiger partial charge in [0.25, 0.3) is 0 Å². The molecule has 0 fully saturated rings. The van der Waals surface area contributed by atoms with Crippen molar-refractivity contribution in [1.82, 2.24) is 5.32 Å². The van der Waals surface area contributed by atoms with Crippen LogP contribution in [0.4, 0.5) is 0 Å². The standard InChI is InChI=1S/C14H27NO/c1-4-15-10-9-13(3)16-11-14-8-6-5-7-12(14)2/h5-6,12-15H,4,7-11H2,1-3H3. The summed E-state index contributed by atoms with van der Waals surface area (Å²) in [5.74, 6) is 1.51. The van der Waals surface area contributed by atoms with Crippen LogP contribution in [0.2, 0.25) is 0 Å². The Kier molecular flexibility index (Phi) is 6.74. The molecule has 16 heavy (non-hydrogen) atoms. The van der Waals surface area contributed by atoms with Crippen molar-refractivity contribution >= 4 is 0 Å². The van der Waals surface area contributed by atoms with E-state index in [0.29, 0.717) is 6.10 Å². The second kappa shape index (κ2) is 7.86. The molecular weight excluding hydrogens is 198 g/mol. The van der Waals surface area contributed by atoms with Crippen LogP contribution in [0.1, 0.15) is 40.0 Å². The Hall–Kier alpha value is -0.340. The van der Waals surface area contributed by atoms with Crippen LogP contribution in [-0.4, -0.2) is 25.8 Å². The average molecular weight is 225 g/mol. The predicted octanol–water partition coefficient (Wildman–Crippen LogP) is 2.99. The van der Waals surface area contributed by atoms with Crippen molar-refractivity contribution in [2.75, 3.05) is 19.7 Å². The first-order valence-electron chi connectivity index (χ1n) is 6.71. The molecule has 3 unspecified atom stereocenters. The molecule has 0 aromatic rings. The number of hydrogen-bond donors (Lipinski definition) is 1. The molecule has 94 valence electrons. The Labute approximate surface area is 100 Å². The maximum Gasteiger partial charge on any atom is 0.0559 e. The first kappa shape index (κ1) is 13.7. The number of nitrogens with one attached hydrogen (secondary N) is 1. The third-order valence-electron chi connectivity index (χ3n) is 3.49. The van der Waals surface area contributed by atoms with Crippen molar-refractivity contribution < 1.29 is 4.74 Å². The summed E-state index contributed by atoms with van der Waals surface area (Å²) in [6, 6.07) is 0. The van der Waals surface area contributed by atoms with Gasteiger partial charge in [-0.3, -0.25) is 0 Å². The van der Waals surface area contributed by atoms with E-state index in [9.17, 15) is 0 Å². The Morgan fingerprint density at radius 2 is 2.12 bits per heavy atom. The van der Waals surface area contributed by atoms with Gasteiger partial charge in [0.15, 0.2) is 0 Å². The lowest BCUT2D eigenvalue weighted by Crippen LogP contribution is -2.25. The molecule has 0 aromatic carbocycles. The van der Waals surface area contributed by atoms with Gasteiger partial charge in [0.2, 0.25) is 0 Å². The zero-order valence-electron chi connectivity index (χ0n) is 11.0. The summed E-state index contributed by atoms with van der Waals surface area (Å²) in [6.07, 6.45) is 8.52. The Morgan fingerprint density at radius 3 is 2.81 bits per heavy atom. The lowest BCUT2D eigenvalue weighted by atomic mass is 9.85. The number of allylic oxidation sites excluding steroid dienone is 2. The van der Waals surface area contributed by atoms with E-state index in [1.807, 2.05) is 0 Å². The van der Waals surface area contributed by atoms with E-state index in [0.717, 1.165) is 38.0 Å². The average Bonchev–Trinajstić information content (AvgIpc) is 2.28. The molecular formula is C14H27NO. The summed E-state index contributed by atoms with van der Waals surface area (Å²) in [5, 5.41) is 3.33. The fourth-order valence-corrected chi connectivity index (χ4v) is 2.09. The van der Waals surface area contributed by atoms with Crippen LogP contribution in [0.5, 0.6) is 0 Å². The Balaban J connectivity index is 2.10. The molecule has 0 amide bonds. The summed E-state index contributed by atoms with van der Waals surface area (Å²) in [4.78, 5) is 0. The lowest BCUT2D eigenvalue weighted by Gasteiger charge is -2.26. The molecule has 3 atom stereocenters. The molecule has 0 saturated carbocycles. The van der Waals surface area contributed by atoms with Crippen molar-refractivity contribution in [3.63, 3.8) is 0 Å². The highest BCUT2D eigenvalue weighted by Gasteiger charge is 2.19. The predicted molar refractivity (Wildman–Crippen MR) is 69.6 cm³/mol. The lowest BCUT2D eigenvalue weighted by molar-refractivity contribution is 0.0226. The summed E-state index contributed by atoms with van der Waals surface area (Å²) in [5.41, 5.74) is 0. The van der Waals surface area contributed by atoms with E-state index >= 15 is 0 Å². The highest BCUT2D eigenvalue weighted by molar-refractivity contribution is 4.93. The zero-order chi connectivity index (χ0) is 11.8. The molecule has 0 heterocycles. The van der Waals surface area contributed by atoms with E-state index in [1.165, 1.54) is 12.8 Å². The highest BCUT2D eigenvalue weighted by atomic mass is 16.5. The van der Waals surface area contributed by atoms with E-state index in [2.05, 4.69) is 38.2 Å². The molecule has 0 aromatic heterocycles. The second-order valence-electron chi connectivity index (χ2n) is 4.97. The fourth-order valence-electron chi connectivity index (χ4n) is 2.09. The number of ether oxygens (including phenoxy) is 1. The van der Waals surface area contributed by atoms with Crippen LogP contribution in [0.15, 0.2) is 12.2 Å². The maximum absolute atomic E-state index is 5.92. The highest BCUT2D eigenvalue weighted by Crippen LogP contribution is 2.25. The van der Waals surface area contributed by atoms with Gasteiger partial charge in [-0.15, -0.1) is 0 Å². The van der Waals surface area contributed by atoms with Gasteiger partial charge in [-0.05, 0) is 51.1 Å². The van der Waals surface area contributed by atoms with Crippen LogP contribution in [-0.2, 0) is 4.74 Å². The quantitative estimate of drug-likeness (QED) is 0.531. The molecule has 1 aliphatic rings. The van der Waals surface area contributed by atoms with Crippen molar-refractivity contribution in [3.05, 3.63) is 12.2 Å². The minimum Gasteiger partial charge on any atom is -0.378 e. The number of rotatable bonds is 7. The van der Waals surface area contributed by atoms with E-state index in [1.54, 1.807) is 0 Å². The van der Waals surface area contributed by atoms with Gasteiger partial charge in [0.05, 0.1) is 12.7 Å². The summed E-state index contributed by atoms with van der Waals surface area (Å²) in [7, 11) is 0. The summed E-state index contributed by atoms with van der Waals surface area (Å²) >= 11 is 0. The molecule has 0 radical (unpaired) electrons. The van der Waals surface area contributed by atoms with Gasteiger partial charge < -0.3 is 10.1 Å². The zero-order valence-corrected chi connectivity index (χ0v) is 11.0. The molecule has 2 heteroatoms. The topological polar surface area (TPSA) is 21.3 Å². The molecule has 1 N–H and O–H groups in total. The first-order chi connectivity index (χ1) is 7.74. The van der Waals surface area contributed by atoms with Crippen LogP contribution in [0.3, 0.4) is 0 Å². The molecule has 1 rings (SSSR count). The fraction of sp³-hybridized carbons (Fsp3) is 0.857. The normalized spacial score (nSPS) is 26.9. The Morgan fingerprint density at radius 1 is 1.38 bits per heavy atom. The minimum atomic E-state index is 0.386. The third kappa shape index (κ3) is 5.13. The summed E-state index contributed by atoms with van der Waals surface area (Å²) < 4.78 is 5.92. The van der Waals surface area contributed by atoms with E-state index in [4.69, 9.17) is 4.74 Å². The minimum absolute atomic E-state index is 0.386. The largest absolute Gasteiger partial charge is 0.378 e. The van der Waals surface area contributed by atoms with Gasteiger partial charge >= 0.3 is 0 Å². The second-order valence-corrected chi connectivity index (χ2v) is 4.97. The molecule has 0 bridgehead atoms. The van der Waals surface area contributed by atoms with Crippen molar-refractivity contribution in [2.24, 2.45) is 11.8 Å². The van der Waals surface area contributed by atoms with Gasteiger partial charge in [0.1, 0.15) is 0 Å². The van der Waals surface area contributed by atoms with Crippen LogP contribution >= 0.6 is 0 Å². The smallest absolute Gasteiger partial charge is 0.0559 e. The van der Waals surface area contributed by atoms with Crippen molar-refractivity contribution in [2.45, 2.75) is 46.1 Å². The SMILES string of the molecule is CCNCCC(C)OCC1CC=CCC1C. The van der Waals surface area contributed by atoms with Gasteiger partial charge in [-0.25, -0.2) is 0 Å². The Bertz CT molecular complexity index is 203. The molecule has 0 spiro atoms. The molecule has 0 saturated heterocycles. The van der Waals surface area contributed by atoms with Crippen LogP contribution < -0.4 is 5.32 Å². The van der Waals surface area contributed by atoms with Crippen molar-refractivity contribution in [3.8, 4) is 0 Å².